The van der Waals surface area contributed by atoms with E-state index in [0.717, 1.165) is 25.1 Å². The molecule has 94 valence electrons. The van der Waals surface area contributed by atoms with Gasteiger partial charge in [0, 0.05) is 30.9 Å². The van der Waals surface area contributed by atoms with Crippen LogP contribution in [-0.2, 0) is 11.2 Å². The summed E-state index contributed by atoms with van der Waals surface area (Å²) in [6, 6.07) is -0.422. The second kappa shape index (κ2) is 5.29. The predicted octanol–water partition coefficient (Wildman–Crippen LogP) is -0.172. The summed E-state index contributed by atoms with van der Waals surface area (Å²) in [5.74, 6) is -0.798. The molecule has 6 heteroatoms. The summed E-state index contributed by atoms with van der Waals surface area (Å²) in [5.41, 5.74) is 6.73. The summed E-state index contributed by atoms with van der Waals surface area (Å²) in [7, 11) is 0. The highest BCUT2D eigenvalue weighted by Gasteiger charge is 2.29. The van der Waals surface area contributed by atoms with E-state index in [9.17, 15) is 9.90 Å². The highest BCUT2D eigenvalue weighted by molar-refractivity contribution is 5.73. The Labute approximate surface area is 99.8 Å². The fourth-order valence-corrected chi connectivity index (χ4v) is 2.30. The molecule has 2 unspecified atom stereocenters. The van der Waals surface area contributed by atoms with Crippen LogP contribution in [0.25, 0.3) is 0 Å². The van der Waals surface area contributed by atoms with Crippen LogP contribution in [0.3, 0.4) is 0 Å². The molecule has 2 rings (SSSR count). The Bertz CT molecular complexity index is 366. The van der Waals surface area contributed by atoms with E-state index in [1.807, 2.05) is 4.90 Å². The smallest absolute Gasteiger partial charge is 0.321 e. The SMILES string of the molecule is NC1CCCN(C(Cc2cnc[nH]2)C(=O)O)C1. The Morgan fingerprint density at radius 2 is 2.59 bits per heavy atom. The van der Waals surface area contributed by atoms with Crippen molar-refractivity contribution in [3.8, 4) is 0 Å². The first kappa shape index (κ1) is 12.1. The van der Waals surface area contributed by atoms with E-state index in [1.54, 1.807) is 12.5 Å². The lowest BCUT2D eigenvalue weighted by molar-refractivity contribution is -0.143. The van der Waals surface area contributed by atoms with E-state index in [0.29, 0.717) is 13.0 Å². The van der Waals surface area contributed by atoms with Crippen molar-refractivity contribution in [3.63, 3.8) is 0 Å². The monoisotopic (exact) mass is 238 g/mol. The van der Waals surface area contributed by atoms with Gasteiger partial charge in [-0.25, -0.2) is 4.98 Å². The van der Waals surface area contributed by atoms with Gasteiger partial charge in [-0.2, -0.15) is 0 Å². The van der Waals surface area contributed by atoms with Crippen molar-refractivity contribution in [1.82, 2.24) is 14.9 Å². The quantitative estimate of drug-likeness (QED) is 0.677. The third-order valence-electron chi connectivity index (χ3n) is 3.18. The third-order valence-corrected chi connectivity index (χ3v) is 3.18. The van der Waals surface area contributed by atoms with E-state index >= 15 is 0 Å². The van der Waals surface area contributed by atoms with Crippen molar-refractivity contribution in [3.05, 3.63) is 18.2 Å². The third kappa shape index (κ3) is 3.04. The van der Waals surface area contributed by atoms with Gasteiger partial charge >= 0.3 is 5.97 Å². The number of carbonyl (C=O) groups is 1. The van der Waals surface area contributed by atoms with Gasteiger partial charge in [-0.15, -0.1) is 0 Å². The summed E-state index contributed by atoms with van der Waals surface area (Å²) in [6.45, 7) is 1.46. The Kier molecular flexibility index (Phi) is 3.75. The number of piperidine rings is 1. The highest BCUT2D eigenvalue weighted by Crippen LogP contribution is 2.14. The van der Waals surface area contributed by atoms with E-state index in [-0.39, 0.29) is 6.04 Å². The molecule has 1 aliphatic rings. The summed E-state index contributed by atoms with van der Waals surface area (Å²) >= 11 is 0. The number of nitrogens with two attached hydrogens (primary N) is 1. The van der Waals surface area contributed by atoms with Crippen LogP contribution in [0, 0.1) is 0 Å². The number of H-pyrrole nitrogens is 1. The van der Waals surface area contributed by atoms with Gasteiger partial charge < -0.3 is 15.8 Å². The maximum atomic E-state index is 11.3. The number of aliphatic carboxylic acids is 1. The van der Waals surface area contributed by atoms with Gasteiger partial charge in [0.15, 0.2) is 0 Å². The first-order valence-electron chi connectivity index (χ1n) is 5.86. The molecule has 0 radical (unpaired) electrons. The van der Waals surface area contributed by atoms with Gasteiger partial charge in [-0.1, -0.05) is 0 Å². The molecular weight excluding hydrogens is 220 g/mol. The largest absolute Gasteiger partial charge is 0.480 e. The molecule has 0 saturated carbocycles. The normalized spacial score (nSPS) is 23.5. The van der Waals surface area contributed by atoms with Gasteiger partial charge in [0.05, 0.1) is 6.33 Å². The van der Waals surface area contributed by atoms with Crippen LogP contribution in [0.5, 0.6) is 0 Å². The van der Waals surface area contributed by atoms with Crippen LogP contribution in [-0.4, -0.2) is 51.1 Å². The maximum Gasteiger partial charge on any atom is 0.321 e. The molecule has 0 aromatic carbocycles. The molecule has 0 spiro atoms. The predicted molar refractivity (Wildman–Crippen MR) is 62.5 cm³/mol. The molecule has 0 bridgehead atoms. The minimum atomic E-state index is -0.798. The molecule has 0 aliphatic carbocycles. The Morgan fingerprint density at radius 1 is 1.76 bits per heavy atom. The van der Waals surface area contributed by atoms with Crippen molar-refractivity contribution in [2.24, 2.45) is 5.73 Å². The lowest BCUT2D eigenvalue weighted by atomic mass is 10.0. The molecule has 0 amide bonds. The Hall–Kier alpha value is -1.40. The lowest BCUT2D eigenvalue weighted by Gasteiger charge is -2.34. The van der Waals surface area contributed by atoms with Crippen molar-refractivity contribution < 1.29 is 9.90 Å². The second-order valence-corrected chi connectivity index (χ2v) is 4.53. The van der Waals surface area contributed by atoms with E-state index in [2.05, 4.69) is 9.97 Å². The summed E-state index contributed by atoms with van der Waals surface area (Å²) in [5, 5.41) is 9.29. The number of rotatable bonds is 4. The van der Waals surface area contributed by atoms with Gasteiger partial charge in [0.1, 0.15) is 6.04 Å². The van der Waals surface area contributed by atoms with Crippen molar-refractivity contribution in [1.29, 1.82) is 0 Å². The average molecular weight is 238 g/mol. The number of likely N-dealkylation sites (tertiary alicyclic amines) is 1. The molecule has 1 aromatic heterocycles. The fourth-order valence-electron chi connectivity index (χ4n) is 2.30. The minimum Gasteiger partial charge on any atom is -0.480 e. The van der Waals surface area contributed by atoms with Crippen molar-refractivity contribution >= 4 is 5.97 Å². The standard InChI is InChI=1S/C11H18N4O2/c12-8-2-1-3-15(6-8)10(11(16)17)4-9-5-13-7-14-9/h5,7-8,10H,1-4,6,12H2,(H,13,14)(H,16,17). The highest BCUT2D eigenvalue weighted by atomic mass is 16.4. The molecule has 1 aliphatic heterocycles. The molecule has 1 saturated heterocycles. The number of nitrogens with zero attached hydrogens (tertiary/aromatic N) is 2. The van der Waals surface area contributed by atoms with Gasteiger partial charge in [0.25, 0.3) is 0 Å². The Balaban J connectivity index is 2.03. The van der Waals surface area contributed by atoms with Crippen LogP contribution in [0.1, 0.15) is 18.5 Å². The van der Waals surface area contributed by atoms with Gasteiger partial charge in [-0.3, -0.25) is 9.69 Å². The molecule has 1 fully saturated rings. The number of aromatic amines is 1. The van der Waals surface area contributed by atoms with E-state index < -0.39 is 12.0 Å². The molecule has 17 heavy (non-hydrogen) atoms. The van der Waals surface area contributed by atoms with Gasteiger partial charge in [-0.05, 0) is 19.4 Å². The number of hydrogen-bond acceptors (Lipinski definition) is 4. The number of carboxylic acid groups (broad SMARTS) is 1. The summed E-state index contributed by atoms with van der Waals surface area (Å²) in [4.78, 5) is 20.1. The van der Waals surface area contributed by atoms with E-state index in [4.69, 9.17) is 5.73 Å². The molecule has 6 nitrogen and oxygen atoms in total. The first-order chi connectivity index (χ1) is 8.16. The molecule has 2 heterocycles. The first-order valence-corrected chi connectivity index (χ1v) is 5.86. The van der Waals surface area contributed by atoms with Crippen LogP contribution in [0.4, 0.5) is 0 Å². The van der Waals surface area contributed by atoms with Gasteiger partial charge in [0.2, 0.25) is 0 Å². The van der Waals surface area contributed by atoms with Crippen molar-refractivity contribution in [2.45, 2.75) is 31.3 Å². The number of imidazole rings is 1. The molecule has 4 N–H and O–H groups in total. The fraction of sp³-hybridized carbons (Fsp3) is 0.636. The van der Waals surface area contributed by atoms with Crippen LogP contribution in [0.15, 0.2) is 12.5 Å². The Morgan fingerprint density at radius 3 is 3.18 bits per heavy atom. The molecule has 1 aromatic rings. The maximum absolute atomic E-state index is 11.3. The van der Waals surface area contributed by atoms with Crippen molar-refractivity contribution in [2.75, 3.05) is 13.1 Å². The minimum absolute atomic E-state index is 0.0902. The van der Waals surface area contributed by atoms with Crippen LogP contribution >= 0.6 is 0 Å². The second-order valence-electron chi connectivity index (χ2n) is 4.53. The zero-order chi connectivity index (χ0) is 12.3. The summed E-state index contributed by atoms with van der Waals surface area (Å²) < 4.78 is 0. The van der Waals surface area contributed by atoms with Crippen LogP contribution < -0.4 is 5.73 Å². The number of carboxylic acids is 1. The lowest BCUT2D eigenvalue weighted by Crippen LogP contribution is -2.51. The molecule has 2 atom stereocenters. The topological polar surface area (TPSA) is 95.2 Å². The summed E-state index contributed by atoms with van der Waals surface area (Å²) in [6.07, 6.45) is 5.62. The van der Waals surface area contributed by atoms with E-state index in [1.165, 1.54) is 0 Å². The number of aromatic nitrogens is 2. The zero-order valence-electron chi connectivity index (χ0n) is 9.67. The average Bonchev–Trinajstić information content (AvgIpc) is 2.78. The molecular formula is C11H18N4O2. The zero-order valence-corrected chi connectivity index (χ0v) is 9.67. The number of hydrogen-bond donors (Lipinski definition) is 3. The van der Waals surface area contributed by atoms with Crippen LogP contribution in [0.2, 0.25) is 0 Å². The number of nitrogens with one attached hydrogen (secondary N) is 1.